The monoisotopic (exact) mass is 308 g/mol. The zero-order valence-corrected chi connectivity index (χ0v) is 12.5. The molecule has 1 fully saturated rings. The molecule has 0 bridgehead atoms. The lowest BCUT2D eigenvalue weighted by Crippen LogP contribution is -2.39. The molecule has 2 N–H and O–H groups in total. The van der Waals surface area contributed by atoms with Crippen LogP contribution in [-0.4, -0.2) is 36.0 Å². The number of amides is 1. The van der Waals surface area contributed by atoms with Gasteiger partial charge in [-0.15, -0.1) is 0 Å². The van der Waals surface area contributed by atoms with Gasteiger partial charge in [-0.3, -0.25) is 9.59 Å². The minimum Gasteiger partial charge on any atom is -0.388 e. The number of ketones is 1. The van der Waals surface area contributed by atoms with E-state index in [0.29, 0.717) is 28.5 Å². The summed E-state index contributed by atoms with van der Waals surface area (Å²) < 4.78 is 0. The number of nitrogens with zero attached hydrogens (tertiary/aromatic N) is 1. The van der Waals surface area contributed by atoms with Gasteiger partial charge in [0.1, 0.15) is 0 Å². The molecule has 1 saturated carbocycles. The summed E-state index contributed by atoms with van der Waals surface area (Å²) in [6, 6.07) is 3.21. The maximum absolute atomic E-state index is 11.6. The zero-order valence-electron chi connectivity index (χ0n) is 11.8. The van der Waals surface area contributed by atoms with E-state index >= 15 is 0 Å². The molecule has 1 aliphatic heterocycles. The normalized spacial score (nSPS) is 19.6. The molecule has 0 unspecified atom stereocenters. The van der Waals surface area contributed by atoms with Crippen LogP contribution in [0.15, 0.2) is 12.1 Å². The molecule has 0 spiro atoms. The highest BCUT2D eigenvalue weighted by Crippen LogP contribution is 2.37. The van der Waals surface area contributed by atoms with E-state index in [4.69, 9.17) is 11.6 Å². The van der Waals surface area contributed by atoms with Crippen molar-refractivity contribution in [2.24, 2.45) is 0 Å². The van der Waals surface area contributed by atoms with Crippen molar-refractivity contribution < 1.29 is 14.7 Å². The number of hydrogen-bond donors (Lipinski definition) is 2. The number of carbonyl (C=O) groups is 2. The molecule has 0 aromatic heterocycles. The second-order valence-electron chi connectivity index (χ2n) is 5.92. The smallest absolute Gasteiger partial charge is 0.296 e. The number of carbonyl (C=O) groups excluding carboxylic acids is 2. The van der Waals surface area contributed by atoms with E-state index in [1.807, 2.05) is 11.9 Å². The summed E-state index contributed by atoms with van der Waals surface area (Å²) >= 11 is 6.23. The minimum absolute atomic E-state index is 0.307. The number of benzene rings is 1. The van der Waals surface area contributed by atoms with Crippen LogP contribution in [0, 0.1) is 0 Å². The standard InChI is InChI=1S/C15H17ClN2O3/c1-18(8-15(21)4-2-3-5-15)12-7-11-9(6-10(12)16)13(19)14(20)17-11/h6-7,21H,2-5,8H2,1H3,(H,17,19,20). The van der Waals surface area contributed by atoms with E-state index in [9.17, 15) is 14.7 Å². The van der Waals surface area contributed by atoms with Crippen molar-refractivity contribution in [3.63, 3.8) is 0 Å². The molecule has 112 valence electrons. The summed E-state index contributed by atoms with van der Waals surface area (Å²) in [7, 11) is 1.85. The van der Waals surface area contributed by atoms with Gasteiger partial charge in [0.15, 0.2) is 0 Å². The lowest BCUT2D eigenvalue weighted by atomic mass is 10.0. The van der Waals surface area contributed by atoms with Crippen LogP contribution >= 0.6 is 11.6 Å². The van der Waals surface area contributed by atoms with Crippen LogP contribution in [0.2, 0.25) is 5.02 Å². The SMILES string of the molecule is CN(CC1(O)CCCC1)c1cc2c(cc1Cl)C(=O)C(=O)N2. The molecule has 3 rings (SSSR count). The van der Waals surface area contributed by atoms with E-state index in [1.54, 1.807) is 6.07 Å². The number of likely N-dealkylation sites (N-methyl/N-ethyl adjacent to an activating group) is 1. The highest BCUT2D eigenvalue weighted by Gasteiger charge is 2.34. The van der Waals surface area contributed by atoms with Gasteiger partial charge >= 0.3 is 0 Å². The Morgan fingerprint density at radius 3 is 2.67 bits per heavy atom. The predicted molar refractivity (Wildman–Crippen MR) is 81.1 cm³/mol. The van der Waals surface area contributed by atoms with Gasteiger partial charge in [0.25, 0.3) is 11.7 Å². The van der Waals surface area contributed by atoms with Gasteiger partial charge in [0.05, 0.1) is 27.6 Å². The fourth-order valence-electron chi connectivity index (χ4n) is 3.16. The average Bonchev–Trinajstić information content (AvgIpc) is 2.95. The predicted octanol–water partition coefficient (Wildman–Crippen LogP) is 2.22. The number of rotatable bonds is 3. The molecule has 0 radical (unpaired) electrons. The third kappa shape index (κ3) is 2.51. The van der Waals surface area contributed by atoms with Crippen molar-refractivity contribution in [1.82, 2.24) is 0 Å². The van der Waals surface area contributed by atoms with Gasteiger partial charge in [0, 0.05) is 13.6 Å². The second kappa shape index (κ2) is 5.00. The summed E-state index contributed by atoms with van der Waals surface area (Å²) in [5.41, 5.74) is 0.804. The maximum Gasteiger partial charge on any atom is 0.296 e. The minimum atomic E-state index is -0.684. The van der Waals surface area contributed by atoms with E-state index in [0.717, 1.165) is 25.7 Å². The third-order valence-corrected chi connectivity index (χ3v) is 4.57. The molecule has 5 nitrogen and oxygen atoms in total. The van der Waals surface area contributed by atoms with Crippen molar-refractivity contribution in [3.05, 3.63) is 22.7 Å². The van der Waals surface area contributed by atoms with Crippen molar-refractivity contribution >= 4 is 34.7 Å². The molecule has 1 aromatic rings. The lowest BCUT2D eigenvalue weighted by Gasteiger charge is -2.30. The molecule has 6 heteroatoms. The van der Waals surface area contributed by atoms with Crippen LogP contribution in [0.4, 0.5) is 11.4 Å². The first-order valence-electron chi connectivity index (χ1n) is 7.02. The van der Waals surface area contributed by atoms with Gasteiger partial charge in [-0.25, -0.2) is 0 Å². The van der Waals surface area contributed by atoms with Gasteiger partial charge in [-0.05, 0) is 25.0 Å². The zero-order chi connectivity index (χ0) is 15.2. The summed E-state index contributed by atoms with van der Waals surface area (Å²) in [6.45, 7) is 0.480. The first kappa shape index (κ1) is 14.4. The fraction of sp³-hybridized carbons (Fsp3) is 0.467. The Labute approximate surface area is 127 Å². The van der Waals surface area contributed by atoms with Gasteiger partial charge < -0.3 is 15.3 Å². The highest BCUT2D eigenvalue weighted by atomic mass is 35.5. The molecule has 1 heterocycles. The number of halogens is 1. The fourth-order valence-corrected chi connectivity index (χ4v) is 3.47. The largest absolute Gasteiger partial charge is 0.388 e. The summed E-state index contributed by atoms with van der Waals surface area (Å²) in [6.07, 6.45) is 3.64. The Morgan fingerprint density at radius 2 is 2.00 bits per heavy atom. The number of aliphatic hydroxyl groups is 1. The second-order valence-corrected chi connectivity index (χ2v) is 6.33. The van der Waals surface area contributed by atoms with Crippen molar-refractivity contribution in [3.8, 4) is 0 Å². The Balaban J connectivity index is 1.88. The molecule has 0 atom stereocenters. The molecular formula is C15H17ClN2O3. The number of hydrogen-bond acceptors (Lipinski definition) is 4. The Kier molecular flexibility index (Phi) is 3.42. The Bertz CT molecular complexity index is 624. The number of nitrogens with one attached hydrogen (secondary N) is 1. The van der Waals surface area contributed by atoms with Gasteiger partial charge in [-0.2, -0.15) is 0 Å². The average molecular weight is 309 g/mol. The summed E-state index contributed by atoms with van der Waals surface area (Å²) in [5, 5.41) is 13.4. The topological polar surface area (TPSA) is 69.6 Å². The van der Waals surface area contributed by atoms with E-state index in [2.05, 4.69) is 5.32 Å². The van der Waals surface area contributed by atoms with Crippen molar-refractivity contribution in [2.75, 3.05) is 23.8 Å². The Hall–Kier alpha value is -1.59. The van der Waals surface area contributed by atoms with Crippen LogP contribution in [0.25, 0.3) is 0 Å². The first-order valence-corrected chi connectivity index (χ1v) is 7.40. The highest BCUT2D eigenvalue weighted by molar-refractivity contribution is 6.52. The van der Waals surface area contributed by atoms with Gasteiger partial charge in [-0.1, -0.05) is 24.4 Å². The molecule has 1 aromatic carbocycles. The Morgan fingerprint density at radius 1 is 1.33 bits per heavy atom. The quantitative estimate of drug-likeness (QED) is 0.840. The lowest BCUT2D eigenvalue weighted by molar-refractivity contribution is -0.112. The van der Waals surface area contributed by atoms with Crippen LogP contribution in [-0.2, 0) is 4.79 Å². The molecule has 1 amide bonds. The van der Waals surface area contributed by atoms with Gasteiger partial charge in [0.2, 0.25) is 0 Å². The van der Waals surface area contributed by atoms with Crippen molar-refractivity contribution in [1.29, 1.82) is 0 Å². The summed E-state index contributed by atoms with van der Waals surface area (Å²) in [4.78, 5) is 24.9. The molecule has 0 saturated heterocycles. The molecule has 21 heavy (non-hydrogen) atoms. The molecular weight excluding hydrogens is 292 g/mol. The number of Topliss-reactive ketones (excluding diaryl/α,β-unsaturated/α-hetero) is 1. The third-order valence-electron chi connectivity index (χ3n) is 4.26. The molecule has 2 aliphatic rings. The maximum atomic E-state index is 11.6. The van der Waals surface area contributed by atoms with Crippen molar-refractivity contribution in [2.45, 2.75) is 31.3 Å². The van der Waals surface area contributed by atoms with E-state index in [1.165, 1.54) is 6.07 Å². The summed E-state index contributed by atoms with van der Waals surface area (Å²) in [5.74, 6) is -1.19. The van der Waals surface area contributed by atoms with Crippen LogP contribution in [0.3, 0.4) is 0 Å². The first-order chi connectivity index (χ1) is 9.89. The van der Waals surface area contributed by atoms with E-state index in [-0.39, 0.29) is 0 Å². The van der Waals surface area contributed by atoms with Crippen LogP contribution in [0.5, 0.6) is 0 Å². The number of fused-ring (bicyclic) bond motifs is 1. The van der Waals surface area contributed by atoms with Crippen LogP contribution in [0.1, 0.15) is 36.0 Å². The van der Waals surface area contributed by atoms with Crippen LogP contribution < -0.4 is 10.2 Å². The molecule has 1 aliphatic carbocycles. The number of anilines is 2. The van der Waals surface area contributed by atoms with E-state index < -0.39 is 17.3 Å².